The van der Waals surface area contributed by atoms with Crippen LogP contribution in [0.5, 0.6) is 0 Å². The number of anilines is 1. The number of aromatic nitrogens is 6. The van der Waals surface area contributed by atoms with Gasteiger partial charge < -0.3 is 9.88 Å². The van der Waals surface area contributed by atoms with E-state index < -0.39 is 0 Å². The summed E-state index contributed by atoms with van der Waals surface area (Å²) in [6, 6.07) is 14.5. The van der Waals surface area contributed by atoms with Crippen LogP contribution < -0.4 is 5.32 Å². The lowest BCUT2D eigenvalue weighted by atomic mass is 10.2. The number of amides is 1. The molecular weight excluding hydrogens is 366 g/mol. The Kier molecular flexibility index (Phi) is 4.63. The number of rotatable bonds is 5. The van der Waals surface area contributed by atoms with Crippen molar-refractivity contribution in [3.05, 3.63) is 72.3 Å². The maximum atomic E-state index is 12.2. The Morgan fingerprint density at radius 2 is 1.85 bits per heavy atom. The summed E-state index contributed by atoms with van der Waals surface area (Å²) in [6.07, 6.45) is 5.27. The number of imidazole rings is 1. The van der Waals surface area contributed by atoms with E-state index in [9.17, 15) is 4.79 Å². The van der Waals surface area contributed by atoms with E-state index in [4.69, 9.17) is 11.6 Å². The predicted octanol–water partition coefficient (Wildman–Crippen LogP) is 2.82. The Morgan fingerprint density at radius 3 is 2.56 bits per heavy atom. The van der Waals surface area contributed by atoms with Gasteiger partial charge in [0.1, 0.15) is 6.54 Å². The van der Waals surface area contributed by atoms with Crippen LogP contribution in [0, 0.1) is 0 Å². The first kappa shape index (κ1) is 16.9. The minimum absolute atomic E-state index is 0.0378. The van der Waals surface area contributed by atoms with Crippen LogP contribution in [-0.4, -0.2) is 35.7 Å². The van der Waals surface area contributed by atoms with E-state index in [1.54, 1.807) is 36.8 Å². The number of hydrogen-bond acceptors (Lipinski definition) is 5. The molecule has 1 N–H and O–H groups in total. The zero-order chi connectivity index (χ0) is 18.6. The van der Waals surface area contributed by atoms with Gasteiger partial charge in [-0.3, -0.25) is 4.79 Å². The van der Waals surface area contributed by atoms with Gasteiger partial charge >= 0.3 is 0 Å². The highest BCUT2D eigenvalue weighted by molar-refractivity contribution is 6.30. The van der Waals surface area contributed by atoms with Crippen molar-refractivity contribution < 1.29 is 4.79 Å². The molecule has 0 bridgehead atoms. The molecule has 0 spiro atoms. The molecule has 134 valence electrons. The third-order valence-electron chi connectivity index (χ3n) is 3.79. The lowest BCUT2D eigenvalue weighted by Gasteiger charge is -2.06. The summed E-state index contributed by atoms with van der Waals surface area (Å²) in [5.74, 6) is 0.189. The first-order chi connectivity index (χ1) is 13.2. The maximum Gasteiger partial charge on any atom is 0.248 e. The monoisotopic (exact) mass is 379 g/mol. The van der Waals surface area contributed by atoms with Gasteiger partial charge in [0.15, 0.2) is 0 Å². The fraction of sp³-hybridized carbons (Fsp3) is 0.0556. The molecule has 0 aliphatic heterocycles. The van der Waals surface area contributed by atoms with Crippen molar-refractivity contribution >= 4 is 23.2 Å². The average molecular weight is 380 g/mol. The minimum Gasteiger partial charge on any atom is -0.324 e. The fourth-order valence-corrected chi connectivity index (χ4v) is 2.61. The van der Waals surface area contributed by atoms with E-state index in [1.807, 2.05) is 35.0 Å². The van der Waals surface area contributed by atoms with Gasteiger partial charge in [-0.2, -0.15) is 4.80 Å². The molecule has 0 fully saturated rings. The van der Waals surface area contributed by atoms with Gasteiger partial charge in [0.25, 0.3) is 0 Å². The zero-order valence-corrected chi connectivity index (χ0v) is 14.8. The summed E-state index contributed by atoms with van der Waals surface area (Å²) in [7, 11) is 0. The molecule has 0 saturated heterocycles. The summed E-state index contributed by atoms with van der Waals surface area (Å²) < 4.78 is 1.88. The van der Waals surface area contributed by atoms with E-state index in [0.29, 0.717) is 16.5 Å². The van der Waals surface area contributed by atoms with Crippen molar-refractivity contribution in [1.29, 1.82) is 0 Å². The molecule has 2 aromatic carbocycles. The second-order valence-electron chi connectivity index (χ2n) is 5.72. The number of benzene rings is 2. The van der Waals surface area contributed by atoms with Crippen molar-refractivity contribution in [1.82, 2.24) is 29.8 Å². The normalized spacial score (nSPS) is 10.7. The number of carbonyl (C=O) groups is 1. The highest BCUT2D eigenvalue weighted by Crippen LogP contribution is 2.17. The predicted molar refractivity (Wildman–Crippen MR) is 100 cm³/mol. The third-order valence-corrected chi connectivity index (χ3v) is 4.05. The second-order valence-corrected chi connectivity index (χ2v) is 6.15. The highest BCUT2D eigenvalue weighted by atomic mass is 35.5. The summed E-state index contributed by atoms with van der Waals surface area (Å²) in [4.78, 5) is 17.5. The van der Waals surface area contributed by atoms with Crippen LogP contribution in [0.2, 0.25) is 5.02 Å². The van der Waals surface area contributed by atoms with Crippen molar-refractivity contribution in [3.8, 4) is 17.1 Å². The smallest absolute Gasteiger partial charge is 0.248 e. The van der Waals surface area contributed by atoms with Crippen molar-refractivity contribution in [2.24, 2.45) is 0 Å². The Hall–Kier alpha value is -3.52. The van der Waals surface area contributed by atoms with Crippen LogP contribution in [0.4, 0.5) is 5.69 Å². The van der Waals surface area contributed by atoms with E-state index >= 15 is 0 Å². The van der Waals surface area contributed by atoms with Crippen LogP contribution in [0.1, 0.15) is 0 Å². The first-order valence-electron chi connectivity index (χ1n) is 8.09. The van der Waals surface area contributed by atoms with Gasteiger partial charge in [-0.15, -0.1) is 10.2 Å². The van der Waals surface area contributed by atoms with Gasteiger partial charge in [-0.25, -0.2) is 4.98 Å². The average Bonchev–Trinajstić information content (AvgIpc) is 3.35. The molecule has 2 aromatic heterocycles. The second kappa shape index (κ2) is 7.38. The van der Waals surface area contributed by atoms with Crippen LogP contribution in [0.3, 0.4) is 0 Å². The van der Waals surface area contributed by atoms with E-state index in [2.05, 4.69) is 25.7 Å². The molecule has 0 unspecified atom stereocenters. The third kappa shape index (κ3) is 4.01. The summed E-state index contributed by atoms with van der Waals surface area (Å²) in [5.41, 5.74) is 2.42. The number of nitrogens with zero attached hydrogens (tertiary/aromatic N) is 6. The quantitative estimate of drug-likeness (QED) is 0.575. The van der Waals surface area contributed by atoms with Crippen LogP contribution in [0.15, 0.2) is 67.3 Å². The Morgan fingerprint density at radius 1 is 1.07 bits per heavy atom. The van der Waals surface area contributed by atoms with E-state index in [1.165, 1.54) is 4.80 Å². The summed E-state index contributed by atoms with van der Waals surface area (Å²) >= 11 is 5.87. The molecule has 4 aromatic rings. The van der Waals surface area contributed by atoms with Crippen molar-refractivity contribution in [2.45, 2.75) is 6.54 Å². The van der Waals surface area contributed by atoms with E-state index in [-0.39, 0.29) is 12.5 Å². The Balaban J connectivity index is 1.39. The van der Waals surface area contributed by atoms with Gasteiger partial charge in [0.2, 0.25) is 11.7 Å². The molecule has 0 aliphatic rings. The molecule has 0 atom stereocenters. The van der Waals surface area contributed by atoms with Crippen molar-refractivity contribution in [3.63, 3.8) is 0 Å². The van der Waals surface area contributed by atoms with E-state index in [0.717, 1.165) is 11.3 Å². The SMILES string of the molecule is O=C(Cn1nnc(-c2ccc(Cl)cc2)n1)Nc1ccc(-n2ccnc2)cc1. The summed E-state index contributed by atoms with van der Waals surface area (Å²) in [5, 5.41) is 15.5. The fourth-order valence-electron chi connectivity index (χ4n) is 2.48. The lowest BCUT2D eigenvalue weighted by Crippen LogP contribution is -2.20. The topological polar surface area (TPSA) is 90.5 Å². The Labute approximate surface area is 159 Å². The first-order valence-corrected chi connectivity index (χ1v) is 8.47. The molecular formula is C18H14ClN7O. The van der Waals surface area contributed by atoms with Gasteiger partial charge in [-0.05, 0) is 53.7 Å². The largest absolute Gasteiger partial charge is 0.324 e. The number of halogens is 1. The minimum atomic E-state index is -0.245. The number of nitrogens with one attached hydrogen (secondary N) is 1. The Bertz CT molecular complexity index is 1040. The standard InChI is InChI=1S/C18H14ClN7O/c19-14-3-1-13(2-4-14)18-22-24-26(23-18)11-17(27)21-15-5-7-16(8-6-15)25-10-9-20-12-25/h1-10,12H,11H2,(H,21,27). The molecule has 2 heterocycles. The zero-order valence-electron chi connectivity index (χ0n) is 14.0. The van der Waals surface area contributed by atoms with Gasteiger partial charge in [0.05, 0.1) is 6.33 Å². The molecule has 1 amide bonds. The van der Waals surface area contributed by atoms with Gasteiger partial charge in [-0.1, -0.05) is 11.6 Å². The molecule has 0 aliphatic carbocycles. The van der Waals surface area contributed by atoms with Crippen LogP contribution >= 0.6 is 11.6 Å². The lowest BCUT2D eigenvalue weighted by molar-refractivity contribution is -0.117. The van der Waals surface area contributed by atoms with Crippen LogP contribution in [-0.2, 0) is 11.3 Å². The number of hydrogen-bond donors (Lipinski definition) is 1. The number of carbonyl (C=O) groups excluding carboxylic acids is 1. The van der Waals surface area contributed by atoms with Gasteiger partial charge in [0, 0.05) is 34.4 Å². The molecule has 8 nitrogen and oxygen atoms in total. The molecule has 0 saturated carbocycles. The van der Waals surface area contributed by atoms with Crippen LogP contribution in [0.25, 0.3) is 17.1 Å². The van der Waals surface area contributed by atoms with Crippen molar-refractivity contribution in [2.75, 3.05) is 5.32 Å². The summed E-state index contributed by atoms with van der Waals surface area (Å²) in [6.45, 7) is -0.0378. The molecule has 4 rings (SSSR count). The number of tetrazole rings is 1. The molecule has 9 heteroatoms. The molecule has 27 heavy (non-hydrogen) atoms. The molecule has 0 radical (unpaired) electrons. The highest BCUT2D eigenvalue weighted by Gasteiger charge is 2.10. The maximum absolute atomic E-state index is 12.2.